The SMILES string of the molecule is CCOC(=O)/C(N=Nc1ccccc1C(F)(F)F)=C(\C)O. The molecule has 0 aliphatic rings. The highest BCUT2D eigenvalue weighted by atomic mass is 19.4. The molecule has 0 atom stereocenters. The summed E-state index contributed by atoms with van der Waals surface area (Å²) >= 11 is 0. The number of esters is 1. The fraction of sp³-hybridized carbons (Fsp3) is 0.308. The molecule has 0 unspecified atom stereocenters. The maximum Gasteiger partial charge on any atom is 0.418 e. The first-order chi connectivity index (χ1) is 9.77. The van der Waals surface area contributed by atoms with Crippen molar-refractivity contribution in [1.82, 2.24) is 0 Å². The molecule has 0 saturated carbocycles. The number of halogens is 3. The van der Waals surface area contributed by atoms with Crippen LogP contribution in [0.2, 0.25) is 0 Å². The number of carbonyl (C=O) groups excluding carboxylic acids is 1. The summed E-state index contributed by atoms with van der Waals surface area (Å²) in [7, 11) is 0. The van der Waals surface area contributed by atoms with Gasteiger partial charge in [-0.05, 0) is 26.0 Å². The molecular weight excluding hydrogens is 289 g/mol. The molecule has 0 spiro atoms. The van der Waals surface area contributed by atoms with E-state index in [0.717, 1.165) is 19.1 Å². The van der Waals surface area contributed by atoms with E-state index < -0.39 is 34.9 Å². The van der Waals surface area contributed by atoms with Crippen molar-refractivity contribution in [2.75, 3.05) is 6.61 Å². The van der Waals surface area contributed by atoms with E-state index in [4.69, 9.17) is 0 Å². The van der Waals surface area contributed by atoms with Gasteiger partial charge in [-0.2, -0.15) is 13.2 Å². The van der Waals surface area contributed by atoms with Crippen LogP contribution in [0.25, 0.3) is 0 Å². The molecule has 0 heterocycles. The largest absolute Gasteiger partial charge is 0.510 e. The third-order valence-electron chi connectivity index (χ3n) is 2.28. The molecule has 114 valence electrons. The zero-order chi connectivity index (χ0) is 16.0. The zero-order valence-corrected chi connectivity index (χ0v) is 11.3. The number of carbonyl (C=O) groups is 1. The summed E-state index contributed by atoms with van der Waals surface area (Å²) in [5, 5.41) is 16.1. The fourth-order valence-corrected chi connectivity index (χ4v) is 1.36. The number of hydrogen-bond acceptors (Lipinski definition) is 5. The molecule has 0 bridgehead atoms. The van der Waals surface area contributed by atoms with Crippen molar-refractivity contribution in [3.05, 3.63) is 41.3 Å². The number of benzene rings is 1. The van der Waals surface area contributed by atoms with Gasteiger partial charge >= 0.3 is 12.1 Å². The van der Waals surface area contributed by atoms with E-state index in [1.165, 1.54) is 12.1 Å². The first-order valence-electron chi connectivity index (χ1n) is 5.92. The third kappa shape index (κ3) is 4.59. The minimum absolute atomic E-state index is 0.0320. The summed E-state index contributed by atoms with van der Waals surface area (Å²) < 4.78 is 42.9. The summed E-state index contributed by atoms with van der Waals surface area (Å²) in [5.74, 6) is -1.47. The van der Waals surface area contributed by atoms with Crippen LogP contribution < -0.4 is 0 Å². The van der Waals surface area contributed by atoms with Crippen LogP contribution in [0, 0.1) is 0 Å². The highest BCUT2D eigenvalue weighted by molar-refractivity contribution is 5.88. The van der Waals surface area contributed by atoms with Crippen molar-refractivity contribution < 1.29 is 27.8 Å². The van der Waals surface area contributed by atoms with E-state index in [0.29, 0.717) is 0 Å². The zero-order valence-electron chi connectivity index (χ0n) is 11.3. The number of aliphatic hydroxyl groups is 1. The Morgan fingerprint density at radius 3 is 2.48 bits per heavy atom. The summed E-state index contributed by atoms with van der Waals surface area (Å²) in [6.07, 6.45) is -4.60. The number of ether oxygens (including phenoxy) is 1. The van der Waals surface area contributed by atoms with Crippen LogP contribution in [-0.4, -0.2) is 17.7 Å². The lowest BCUT2D eigenvalue weighted by Gasteiger charge is -2.08. The van der Waals surface area contributed by atoms with Crippen LogP contribution in [0.5, 0.6) is 0 Å². The summed E-state index contributed by atoms with van der Waals surface area (Å²) in [6.45, 7) is 2.73. The Morgan fingerprint density at radius 1 is 1.33 bits per heavy atom. The molecule has 1 rings (SSSR count). The third-order valence-corrected chi connectivity index (χ3v) is 2.28. The molecule has 0 fully saturated rings. The van der Waals surface area contributed by atoms with Gasteiger partial charge in [-0.1, -0.05) is 12.1 Å². The van der Waals surface area contributed by atoms with Crippen LogP contribution in [0.3, 0.4) is 0 Å². The summed E-state index contributed by atoms with van der Waals surface area (Å²) in [5.41, 5.74) is -2.01. The van der Waals surface area contributed by atoms with Gasteiger partial charge in [0, 0.05) is 0 Å². The Morgan fingerprint density at radius 2 is 1.95 bits per heavy atom. The summed E-state index contributed by atoms with van der Waals surface area (Å²) in [4.78, 5) is 11.5. The van der Waals surface area contributed by atoms with E-state index in [1.807, 2.05) is 0 Å². The topological polar surface area (TPSA) is 71.2 Å². The fourth-order valence-electron chi connectivity index (χ4n) is 1.36. The van der Waals surface area contributed by atoms with Gasteiger partial charge in [0.05, 0.1) is 17.9 Å². The van der Waals surface area contributed by atoms with Crippen molar-refractivity contribution in [2.24, 2.45) is 10.2 Å². The Balaban J connectivity index is 3.15. The van der Waals surface area contributed by atoms with E-state index in [2.05, 4.69) is 15.0 Å². The van der Waals surface area contributed by atoms with E-state index in [1.54, 1.807) is 6.92 Å². The van der Waals surface area contributed by atoms with Crippen LogP contribution in [-0.2, 0) is 15.7 Å². The maximum absolute atomic E-state index is 12.8. The second-order valence-electron chi connectivity index (χ2n) is 3.87. The Labute approximate surface area is 118 Å². The van der Waals surface area contributed by atoms with Gasteiger partial charge < -0.3 is 9.84 Å². The second-order valence-corrected chi connectivity index (χ2v) is 3.87. The van der Waals surface area contributed by atoms with Gasteiger partial charge in [-0.3, -0.25) is 0 Å². The molecule has 8 heteroatoms. The lowest BCUT2D eigenvalue weighted by atomic mass is 10.2. The molecule has 0 aliphatic heterocycles. The van der Waals surface area contributed by atoms with Gasteiger partial charge in [0.15, 0.2) is 0 Å². The number of hydrogen-bond donors (Lipinski definition) is 1. The number of rotatable bonds is 4. The van der Waals surface area contributed by atoms with Gasteiger partial charge in [0.1, 0.15) is 5.76 Å². The van der Waals surface area contributed by atoms with E-state index >= 15 is 0 Å². The predicted octanol–water partition coefficient (Wildman–Crippen LogP) is 4.14. The van der Waals surface area contributed by atoms with Crippen molar-refractivity contribution in [1.29, 1.82) is 0 Å². The number of nitrogens with zero attached hydrogens (tertiary/aromatic N) is 2. The van der Waals surface area contributed by atoms with Crippen molar-refractivity contribution in [3.63, 3.8) is 0 Å². The van der Waals surface area contributed by atoms with Crippen molar-refractivity contribution in [3.8, 4) is 0 Å². The number of allylic oxidation sites excluding steroid dienone is 1. The van der Waals surface area contributed by atoms with Crippen molar-refractivity contribution in [2.45, 2.75) is 20.0 Å². The normalized spacial score (nSPS) is 13.2. The summed E-state index contributed by atoms with van der Waals surface area (Å²) in [6, 6.07) is 4.50. The monoisotopic (exact) mass is 302 g/mol. The molecule has 0 aromatic heterocycles. The van der Waals surface area contributed by atoms with Gasteiger partial charge in [-0.25, -0.2) is 4.79 Å². The molecule has 0 radical (unpaired) electrons. The van der Waals surface area contributed by atoms with Gasteiger partial charge in [-0.15, -0.1) is 10.2 Å². The molecule has 1 N–H and O–H groups in total. The molecule has 1 aromatic rings. The molecule has 0 saturated heterocycles. The first-order valence-corrected chi connectivity index (χ1v) is 5.92. The quantitative estimate of drug-likeness (QED) is 0.393. The average molecular weight is 302 g/mol. The number of aliphatic hydroxyl groups excluding tert-OH is 1. The van der Waals surface area contributed by atoms with E-state index in [-0.39, 0.29) is 6.61 Å². The number of alkyl halides is 3. The van der Waals surface area contributed by atoms with Crippen LogP contribution in [0.1, 0.15) is 19.4 Å². The first kappa shape index (κ1) is 16.7. The Kier molecular flexibility index (Phi) is 5.45. The standard InChI is InChI=1S/C13H13F3N2O3/c1-3-21-12(20)11(8(2)19)18-17-10-7-5-4-6-9(10)13(14,15)16/h4-7,19H,3H2,1-2H3/b11-8-,18-17?. The molecule has 0 amide bonds. The molecule has 0 aliphatic carbocycles. The molecule has 5 nitrogen and oxygen atoms in total. The Bertz CT molecular complexity index is 576. The molecule has 21 heavy (non-hydrogen) atoms. The van der Waals surface area contributed by atoms with Crippen LogP contribution >= 0.6 is 0 Å². The maximum atomic E-state index is 12.8. The van der Waals surface area contributed by atoms with E-state index in [9.17, 15) is 23.1 Å². The molecular formula is C13H13F3N2O3. The average Bonchev–Trinajstić information content (AvgIpc) is 2.38. The van der Waals surface area contributed by atoms with Crippen molar-refractivity contribution >= 4 is 11.7 Å². The number of azo groups is 1. The molecule has 1 aromatic carbocycles. The smallest absolute Gasteiger partial charge is 0.418 e. The van der Waals surface area contributed by atoms with Crippen LogP contribution in [0.15, 0.2) is 46.0 Å². The Hall–Kier alpha value is -2.38. The highest BCUT2D eigenvalue weighted by Crippen LogP contribution is 2.36. The van der Waals surface area contributed by atoms with Crippen LogP contribution in [0.4, 0.5) is 18.9 Å². The minimum atomic E-state index is -4.60. The minimum Gasteiger partial charge on any atom is -0.510 e. The lowest BCUT2D eigenvalue weighted by Crippen LogP contribution is -2.08. The second kappa shape index (κ2) is 6.87. The lowest BCUT2D eigenvalue weighted by molar-refractivity contribution is -0.139. The highest BCUT2D eigenvalue weighted by Gasteiger charge is 2.33. The predicted molar refractivity (Wildman–Crippen MR) is 67.9 cm³/mol. The van der Waals surface area contributed by atoms with Gasteiger partial charge in [0.25, 0.3) is 0 Å². The van der Waals surface area contributed by atoms with Gasteiger partial charge in [0.2, 0.25) is 5.70 Å².